The van der Waals surface area contributed by atoms with Gasteiger partial charge in [-0.3, -0.25) is 19.5 Å². The van der Waals surface area contributed by atoms with E-state index in [4.69, 9.17) is 9.05 Å². The first-order valence-corrected chi connectivity index (χ1v) is 8.90. The van der Waals surface area contributed by atoms with Gasteiger partial charge in [0.15, 0.2) is 0 Å². The molecule has 0 bridgehead atoms. The Balaban J connectivity index is 2.78. The highest BCUT2D eigenvalue weighted by Gasteiger charge is 2.42. The van der Waals surface area contributed by atoms with E-state index in [2.05, 4.69) is 10.5 Å². The molecule has 9 nitrogen and oxygen atoms in total. The first-order valence-electron chi connectivity index (χ1n) is 7.36. The maximum atomic E-state index is 12.5. The van der Waals surface area contributed by atoms with Gasteiger partial charge >= 0.3 is 7.60 Å². The van der Waals surface area contributed by atoms with Crippen molar-refractivity contribution in [1.29, 1.82) is 0 Å². The van der Waals surface area contributed by atoms with Gasteiger partial charge in [0.05, 0.1) is 10.1 Å². The number of carbonyl (C=O) groups excluding carboxylic acids is 1. The lowest BCUT2D eigenvalue weighted by Crippen LogP contribution is -2.27. The van der Waals surface area contributed by atoms with Gasteiger partial charge in [0, 0.05) is 44.0 Å². The molecule has 0 aromatic heterocycles. The topological polar surface area (TPSA) is 120 Å². The van der Waals surface area contributed by atoms with Crippen molar-refractivity contribution in [2.24, 2.45) is 5.10 Å². The number of nitro benzene ring substituents is 1. The van der Waals surface area contributed by atoms with Crippen LogP contribution in [0.2, 0.25) is 0 Å². The lowest BCUT2D eigenvalue weighted by Gasteiger charge is -2.30. The zero-order chi connectivity index (χ0) is 19.3. The minimum atomic E-state index is -3.32. The summed E-state index contributed by atoms with van der Waals surface area (Å²) in [4.78, 5) is 22.1. The van der Waals surface area contributed by atoms with Crippen LogP contribution >= 0.6 is 7.60 Å². The van der Waals surface area contributed by atoms with Gasteiger partial charge in [-0.15, -0.1) is 0 Å². The van der Waals surface area contributed by atoms with E-state index < -0.39 is 23.6 Å². The summed E-state index contributed by atoms with van der Waals surface area (Å²) >= 11 is 0. The molecule has 1 N–H and O–H groups in total. The van der Waals surface area contributed by atoms with Crippen molar-refractivity contribution in [3.8, 4) is 0 Å². The molecule has 0 aliphatic rings. The number of benzene rings is 1. The molecule has 0 radical (unpaired) electrons. The number of nitrogens with zero attached hydrogens (tertiary/aromatic N) is 2. The molecule has 0 unspecified atom stereocenters. The second kappa shape index (κ2) is 8.33. The highest BCUT2D eigenvalue weighted by Crippen LogP contribution is 2.60. The molecule has 0 aliphatic heterocycles. The van der Waals surface area contributed by atoms with E-state index in [1.807, 2.05) is 0 Å². The van der Waals surface area contributed by atoms with Crippen LogP contribution in [0.3, 0.4) is 0 Å². The van der Waals surface area contributed by atoms with E-state index in [0.717, 1.165) is 0 Å². The fraction of sp³-hybridized carbons (Fsp3) is 0.467. The molecule has 0 aliphatic carbocycles. The quantitative estimate of drug-likeness (QED) is 0.324. The number of hydrogen-bond donors (Lipinski definition) is 1. The number of amides is 1. The van der Waals surface area contributed by atoms with Gasteiger partial charge in [-0.1, -0.05) is 0 Å². The number of nitro groups is 1. The zero-order valence-corrected chi connectivity index (χ0v) is 15.7. The monoisotopic (exact) mass is 371 g/mol. The first kappa shape index (κ1) is 21.0. The van der Waals surface area contributed by atoms with Gasteiger partial charge in [0.2, 0.25) is 0 Å². The zero-order valence-electron chi connectivity index (χ0n) is 14.8. The molecule has 0 heterocycles. The largest absolute Gasteiger partial charge is 0.336 e. The third kappa shape index (κ3) is 5.19. The highest BCUT2D eigenvalue weighted by molar-refractivity contribution is 7.55. The summed E-state index contributed by atoms with van der Waals surface area (Å²) in [6.45, 7) is 5.11. The van der Waals surface area contributed by atoms with Crippen molar-refractivity contribution < 1.29 is 23.3 Å². The summed E-state index contributed by atoms with van der Waals surface area (Å²) in [5.41, 5.74) is 3.02. The lowest BCUT2D eigenvalue weighted by atomic mass is 10.1. The van der Waals surface area contributed by atoms with Crippen LogP contribution in [-0.4, -0.2) is 35.9 Å². The van der Waals surface area contributed by atoms with Gasteiger partial charge < -0.3 is 9.05 Å². The minimum absolute atomic E-state index is 0.104. The number of hydrazone groups is 1. The minimum Gasteiger partial charge on any atom is -0.312 e. The van der Waals surface area contributed by atoms with Gasteiger partial charge in [-0.2, -0.15) is 5.10 Å². The van der Waals surface area contributed by atoms with Crippen LogP contribution in [0.5, 0.6) is 0 Å². The van der Waals surface area contributed by atoms with Gasteiger partial charge in [0.25, 0.3) is 11.6 Å². The number of hydrogen-bond acceptors (Lipinski definition) is 7. The Bertz CT molecular complexity index is 706. The van der Waals surface area contributed by atoms with Crippen LogP contribution in [-0.2, 0) is 13.6 Å². The Kier molecular flexibility index (Phi) is 6.98. The smallest absolute Gasteiger partial charge is 0.312 e. The summed E-state index contributed by atoms with van der Waals surface area (Å²) < 4.78 is 22.5. The fourth-order valence-electron chi connectivity index (χ4n) is 2.28. The molecular formula is C15H22N3O6P. The predicted octanol–water partition coefficient (Wildman–Crippen LogP) is 3.36. The summed E-state index contributed by atoms with van der Waals surface area (Å²) in [7, 11) is -0.687. The lowest BCUT2D eigenvalue weighted by molar-refractivity contribution is -0.384. The number of rotatable bonds is 8. The van der Waals surface area contributed by atoms with Crippen LogP contribution in [0.25, 0.3) is 0 Å². The third-order valence-corrected chi connectivity index (χ3v) is 6.20. The van der Waals surface area contributed by atoms with Crippen molar-refractivity contribution in [3.05, 3.63) is 39.9 Å². The molecule has 1 rings (SSSR count). The fourth-order valence-corrected chi connectivity index (χ4v) is 3.84. The maximum Gasteiger partial charge on any atom is 0.336 e. The normalized spacial score (nSPS) is 12.8. The molecule has 25 heavy (non-hydrogen) atoms. The van der Waals surface area contributed by atoms with Crippen molar-refractivity contribution in [2.75, 3.05) is 14.2 Å². The third-order valence-electron chi connectivity index (χ3n) is 3.60. The molecule has 0 spiro atoms. The van der Waals surface area contributed by atoms with Gasteiger partial charge in [0.1, 0.15) is 0 Å². The van der Waals surface area contributed by atoms with E-state index in [1.54, 1.807) is 20.8 Å². The van der Waals surface area contributed by atoms with Crippen LogP contribution in [0.1, 0.15) is 37.6 Å². The second-order valence-corrected chi connectivity index (χ2v) is 8.88. The summed E-state index contributed by atoms with van der Waals surface area (Å²) in [6, 6.07) is 5.16. The Hall–Kier alpha value is -2.09. The van der Waals surface area contributed by atoms with Crippen LogP contribution < -0.4 is 5.43 Å². The molecular weight excluding hydrogens is 349 g/mol. The average Bonchev–Trinajstić information content (AvgIpc) is 2.58. The first-order chi connectivity index (χ1) is 11.6. The second-order valence-electron chi connectivity index (χ2n) is 5.94. The Morgan fingerprint density at radius 1 is 1.28 bits per heavy atom. The van der Waals surface area contributed by atoms with Crippen molar-refractivity contribution in [1.82, 2.24) is 5.43 Å². The molecule has 0 atom stereocenters. The van der Waals surface area contributed by atoms with E-state index in [1.165, 1.54) is 38.5 Å². The van der Waals surface area contributed by atoms with Crippen LogP contribution in [0.4, 0.5) is 5.69 Å². The standard InChI is InChI=1S/C15H22N3O6P/c1-11(10-15(2,3)25(22,23-4)24-5)16-17-14(19)12-6-8-13(9-7-12)18(20)21/h6-9H,10H2,1-5H3,(H,17,19)/b16-11+. The molecule has 0 saturated carbocycles. The number of carbonyl (C=O) groups is 1. The predicted molar refractivity (Wildman–Crippen MR) is 94.0 cm³/mol. The van der Waals surface area contributed by atoms with E-state index >= 15 is 0 Å². The summed E-state index contributed by atoms with van der Waals surface area (Å²) in [5, 5.41) is 13.7. The Morgan fingerprint density at radius 2 is 1.80 bits per heavy atom. The van der Waals surface area contributed by atoms with Gasteiger partial charge in [-0.05, 0) is 32.9 Å². The van der Waals surface area contributed by atoms with Crippen LogP contribution in [0, 0.1) is 10.1 Å². The van der Waals surface area contributed by atoms with E-state index in [9.17, 15) is 19.5 Å². The molecule has 1 amide bonds. The molecule has 1 aromatic carbocycles. The molecule has 0 fully saturated rings. The molecule has 138 valence electrons. The molecule has 10 heteroatoms. The van der Waals surface area contributed by atoms with E-state index in [-0.39, 0.29) is 17.7 Å². The molecule has 0 saturated heterocycles. The number of nitrogens with one attached hydrogen (secondary N) is 1. The number of non-ortho nitro benzene ring substituents is 1. The maximum absolute atomic E-state index is 12.5. The van der Waals surface area contributed by atoms with Crippen LogP contribution in [0.15, 0.2) is 29.4 Å². The Labute approximate surface area is 146 Å². The summed E-state index contributed by atoms with van der Waals surface area (Å²) in [5.74, 6) is -0.506. The van der Waals surface area contributed by atoms with Crippen molar-refractivity contribution in [2.45, 2.75) is 32.3 Å². The highest BCUT2D eigenvalue weighted by atomic mass is 31.2. The SMILES string of the molecule is COP(=O)(OC)C(C)(C)C/C(C)=N/NC(=O)c1ccc([N+](=O)[O-])cc1. The average molecular weight is 371 g/mol. The van der Waals surface area contributed by atoms with E-state index in [0.29, 0.717) is 5.71 Å². The summed E-state index contributed by atoms with van der Waals surface area (Å²) in [6.07, 6.45) is 0.270. The van der Waals surface area contributed by atoms with Crippen molar-refractivity contribution >= 4 is 24.9 Å². The Morgan fingerprint density at radius 3 is 2.24 bits per heavy atom. The van der Waals surface area contributed by atoms with Gasteiger partial charge in [-0.25, -0.2) is 5.43 Å². The van der Waals surface area contributed by atoms with Crippen molar-refractivity contribution in [3.63, 3.8) is 0 Å². The molecule has 1 aromatic rings.